The number of hydrogen-bond donors (Lipinski definition) is 4. The molecule has 4 N–H and O–H groups in total. The first-order valence-corrected chi connectivity index (χ1v) is 8.00. The van der Waals surface area contributed by atoms with E-state index >= 15 is 0 Å². The van der Waals surface area contributed by atoms with Crippen molar-refractivity contribution in [3.05, 3.63) is 27.8 Å². The highest BCUT2D eigenvalue weighted by Crippen LogP contribution is 2.34. The summed E-state index contributed by atoms with van der Waals surface area (Å²) in [6, 6.07) is 3.31. The maximum atomic E-state index is 11.0. The highest BCUT2D eigenvalue weighted by Gasteiger charge is 2.45. The fourth-order valence-electron chi connectivity index (χ4n) is 2.45. The van der Waals surface area contributed by atoms with Crippen molar-refractivity contribution in [3.63, 3.8) is 0 Å². The number of aliphatic carboxylic acids is 1. The third-order valence-corrected chi connectivity index (χ3v) is 4.93. The number of aliphatic hydroxyl groups excluding tert-OH is 3. The summed E-state index contributed by atoms with van der Waals surface area (Å²) in [6.45, 7) is 0. The molecule has 0 amide bonds. The number of carboxylic acids is 1. The van der Waals surface area contributed by atoms with Crippen molar-refractivity contribution in [2.75, 3.05) is 0 Å². The van der Waals surface area contributed by atoms with E-state index in [4.69, 9.17) is 21.1 Å². The van der Waals surface area contributed by atoms with Crippen molar-refractivity contribution in [1.29, 1.82) is 0 Å². The van der Waals surface area contributed by atoms with E-state index in [0.717, 1.165) is 0 Å². The number of halogens is 2. The number of aromatic nitrogens is 1. The summed E-state index contributed by atoms with van der Waals surface area (Å²) in [7, 11) is 0. The summed E-state index contributed by atoms with van der Waals surface area (Å²) in [6.07, 6.45) is -7.13. The summed E-state index contributed by atoms with van der Waals surface area (Å²) in [5.41, 5.74) is 0.639. The first-order chi connectivity index (χ1) is 11.3. The molecule has 1 aromatic heterocycles. The van der Waals surface area contributed by atoms with Crippen molar-refractivity contribution in [3.8, 4) is 5.75 Å². The third kappa shape index (κ3) is 2.99. The molecule has 1 aliphatic rings. The summed E-state index contributed by atoms with van der Waals surface area (Å²) in [5.74, 6) is -1.48. The first kappa shape index (κ1) is 17.5. The minimum atomic E-state index is -1.83. The van der Waals surface area contributed by atoms with Crippen LogP contribution in [0.3, 0.4) is 0 Å². The van der Waals surface area contributed by atoms with Crippen LogP contribution in [-0.4, -0.2) is 57.0 Å². The average molecular weight is 422 g/mol. The average Bonchev–Trinajstić information content (AvgIpc) is 2.90. The number of nitrogens with one attached hydrogen (secondary N) is 1. The maximum absolute atomic E-state index is 11.0. The van der Waals surface area contributed by atoms with Crippen LogP contribution in [0.1, 0.15) is 0 Å². The Labute approximate surface area is 148 Å². The van der Waals surface area contributed by atoms with Crippen molar-refractivity contribution < 1.29 is 34.7 Å². The Morgan fingerprint density at radius 3 is 2.67 bits per heavy atom. The molecule has 2 heterocycles. The number of benzene rings is 1. The Hall–Kier alpha value is -1.36. The van der Waals surface area contributed by atoms with Crippen molar-refractivity contribution in [2.24, 2.45) is 0 Å². The van der Waals surface area contributed by atoms with Crippen LogP contribution in [0.5, 0.6) is 5.75 Å². The Balaban J connectivity index is 1.90. The lowest BCUT2D eigenvalue weighted by molar-refractivity contribution is -0.342. The van der Waals surface area contributed by atoms with Gasteiger partial charge in [0.15, 0.2) is 0 Å². The number of fused-ring (bicyclic) bond motifs is 1. The van der Waals surface area contributed by atoms with Gasteiger partial charge < -0.3 is 39.7 Å². The van der Waals surface area contributed by atoms with Crippen LogP contribution in [0, 0.1) is 0 Å². The van der Waals surface area contributed by atoms with E-state index in [0.29, 0.717) is 20.4 Å². The van der Waals surface area contributed by atoms with Crippen molar-refractivity contribution in [2.45, 2.75) is 30.7 Å². The third-order valence-electron chi connectivity index (χ3n) is 3.73. The van der Waals surface area contributed by atoms with Crippen LogP contribution < -0.4 is 9.84 Å². The molecule has 0 bridgehead atoms. The second-order valence-corrected chi connectivity index (χ2v) is 6.56. The molecule has 1 aromatic carbocycles. The number of carbonyl (C=O) groups excluding carboxylic acids is 1. The summed E-state index contributed by atoms with van der Waals surface area (Å²) < 4.78 is 11.1. The molecule has 0 saturated carbocycles. The van der Waals surface area contributed by atoms with Gasteiger partial charge in [-0.2, -0.15) is 0 Å². The smallest absolute Gasteiger partial charge is 0.229 e. The zero-order valence-corrected chi connectivity index (χ0v) is 14.2. The van der Waals surface area contributed by atoms with E-state index in [9.17, 15) is 25.2 Å². The Morgan fingerprint density at radius 2 is 2.00 bits per heavy atom. The largest absolute Gasteiger partial charge is 0.547 e. The van der Waals surface area contributed by atoms with Crippen LogP contribution in [0.4, 0.5) is 0 Å². The van der Waals surface area contributed by atoms with E-state index < -0.39 is 36.7 Å². The van der Waals surface area contributed by atoms with Crippen LogP contribution in [-0.2, 0) is 9.53 Å². The quantitative estimate of drug-likeness (QED) is 0.526. The Morgan fingerprint density at radius 1 is 1.29 bits per heavy atom. The molecule has 8 nitrogen and oxygen atoms in total. The molecule has 5 unspecified atom stereocenters. The highest BCUT2D eigenvalue weighted by atomic mass is 79.9. The van der Waals surface area contributed by atoms with Gasteiger partial charge in [-0.15, -0.1) is 0 Å². The Kier molecular flexibility index (Phi) is 4.73. The maximum Gasteiger partial charge on any atom is 0.229 e. The monoisotopic (exact) mass is 420 g/mol. The number of ether oxygens (including phenoxy) is 2. The molecule has 1 fully saturated rings. The molecular weight excluding hydrogens is 410 g/mol. The lowest BCUT2D eigenvalue weighted by Gasteiger charge is -2.40. The predicted octanol–water partition coefficient (Wildman–Crippen LogP) is -0.480. The standard InChI is InChI=1S/C14H13BrClNO7/c15-5-1-4-7(2-6(5)16)17-3-8(4)23-14-11(20)9(18)10(19)12(24-14)13(21)22/h1-3,9-12,14,17-20H,(H,21,22)/p-1. The highest BCUT2D eigenvalue weighted by molar-refractivity contribution is 9.10. The van der Waals surface area contributed by atoms with Gasteiger partial charge >= 0.3 is 0 Å². The zero-order chi connectivity index (χ0) is 17.6. The molecule has 1 aliphatic heterocycles. The van der Waals surface area contributed by atoms with Gasteiger partial charge in [0.25, 0.3) is 0 Å². The molecule has 1 saturated heterocycles. The van der Waals surface area contributed by atoms with Gasteiger partial charge in [-0.25, -0.2) is 0 Å². The van der Waals surface area contributed by atoms with Crippen molar-refractivity contribution >= 4 is 44.4 Å². The van der Waals surface area contributed by atoms with Gasteiger partial charge in [-0.05, 0) is 28.1 Å². The molecule has 0 aliphatic carbocycles. The van der Waals surface area contributed by atoms with Crippen LogP contribution >= 0.6 is 27.5 Å². The van der Waals surface area contributed by atoms with Crippen molar-refractivity contribution in [1.82, 2.24) is 4.98 Å². The van der Waals surface area contributed by atoms with Crippen LogP contribution in [0.25, 0.3) is 10.9 Å². The van der Waals surface area contributed by atoms with E-state index in [1.54, 1.807) is 12.1 Å². The van der Waals surface area contributed by atoms with Gasteiger partial charge in [0, 0.05) is 16.1 Å². The molecule has 3 rings (SSSR count). The Bertz CT molecular complexity index is 782. The van der Waals surface area contributed by atoms with Gasteiger partial charge in [0.1, 0.15) is 30.2 Å². The predicted molar refractivity (Wildman–Crippen MR) is 83.3 cm³/mol. The topological polar surface area (TPSA) is 135 Å². The van der Waals surface area contributed by atoms with E-state index in [-0.39, 0.29) is 5.75 Å². The zero-order valence-electron chi connectivity index (χ0n) is 11.8. The number of carboxylic acid groups (broad SMARTS) is 1. The molecule has 130 valence electrons. The minimum absolute atomic E-state index is 0.243. The van der Waals surface area contributed by atoms with Gasteiger partial charge in [-0.3, -0.25) is 0 Å². The van der Waals surface area contributed by atoms with Gasteiger partial charge in [0.2, 0.25) is 6.29 Å². The van der Waals surface area contributed by atoms with E-state index in [1.165, 1.54) is 6.20 Å². The SMILES string of the molecule is O=C([O-])C1OC(Oc2c[nH]c3cc(Cl)c(Br)cc23)C(O)C(O)C1O. The summed E-state index contributed by atoms with van der Waals surface area (Å²) >= 11 is 9.27. The van der Waals surface area contributed by atoms with Gasteiger partial charge in [0.05, 0.1) is 16.5 Å². The number of carbonyl (C=O) groups is 1. The molecule has 5 atom stereocenters. The normalized spacial score (nSPS) is 30.5. The lowest BCUT2D eigenvalue weighted by atomic mass is 9.99. The number of H-pyrrole nitrogens is 1. The number of rotatable bonds is 3. The number of aliphatic hydroxyl groups is 3. The summed E-state index contributed by atoms with van der Waals surface area (Å²) in [4.78, 5) is 13.9. The number of hydrogen-bond acceptors (Lipinski definition) is 7. The first-order valence-electron chi connectivity index (χ1n) is 6.83. The molecular formula is C14H12BrClNO7-. The molecule has 2 aromatic rings. The molecule has 24 heavy (non-hydrogen) atoms. The fraction of sp³-hybridized carbons (Fsp3) is 0.357. The van der Waals surface area contributed by atoms with Crippen LogP contribution in [0.2, 0.25) is 5.02 Å². The molecule has 10 heteroatoms. The van der Waals surface area contributed by atoms with E-state index in [1.807, 2.05) is 0 Å². The van der Waals surface area contributed by atoms with Crippen LogP contribution in [0.15, 0.2) is 22.8 Å². The number of aromatic amines is 1. The molecule has 0 spiro atoms. The summed E-state index contributed by atoms with van der Waals surface area (Å²) in [5, 5.41) is 41.4. The van der Waals surface area contributed by atoms with E-state index in [2.05, 4.69) is 20.9 Å². The van der Waals surface area contributed by atoms with Gasteiger partial charge in [-0.1, -0.05) is 11.6 Å². The second kappa shape index (κ2) is 6.51. The minimum Gasteiger partial charge on any atom is -0.547 e. The molecule has 0 radical (unpaired) electrons. The fourth-order valence-corrected chi connectivity index (χ4v) is 2.96. The second-order valence-electron chi connectivity index (χ2n) is 5.30. The lowest BCUT2D eigenvalue weighted by Crippen LogP contribution is -2.63.